The maximum Gasteiger partial charge on any atom is 0.233 e. The summed E-state index contributed by atoms with van der Waals surface area (Å²) in [6.45, 7) is 7.91. The molecule has 0 bridgehead atoms. The number of nitrogens with one attached hydrogen (secondary N) is 1. The van der Waals surface area contributed by atoms with Crippen molar-refractivity contribution in [2.24, 2.45) is 0 Å². The smallest absolute Gasteiger partial charge is 0.233 e. The first-order valence-electron chi connectivity index (χ1n) is 7.84. The zero-order valence-corrected chi connectivity index (χ0v) is 12.3. The molecular formula is C15H22N6. The normalized spacial score (nSPS) is 24.9. The van der Waals surface area contributed by atoms with Crippen LogP contribution in [0.25, 0.3) is 5.78 Å². The predicted octanol–water partition coefficient (Wildman–Crippen LogP) is 0.209. The van der Waals surface area contributed by atoms with E-state index >= 15 is 0 Å². The molecule has 2 aromatic heterocycles. The van der Waals surface area contributed by atoms with Gasteiger partial charge in [-0.15, -0.1) is 0 Å². The molecule has 0 spiro atoms. The van der Waals surface area contributed by atoms with Gasteiger partial charge in [-0.05, 0) is 19.0 Å². The first-order chi connectivity index (χ1) is 10.4. The third kappa shape index (κ3) is 2.79. The van der Waals surface area contributed by atoms with E-state index in [-0.39, 0.29) is 0 Å². The van der Waals surface area contributed by atoms with Gasteiger partial charge in [0.25, 0.3) is 0 Å². The highest BCUT2D eigenvalue weighted by Crippen LogP contribution is 2.14. The SMILES string of the molecule is c1cnc2nc(CN3CCN(C4CCNC4)CC3)cn2c1. The molecule has 21 heavy (non-hydrogen) atoms. The Balaban J connectivity index is 1.35. The fourth-order valence-corrected chi connectivity index (χ4v) is 3.42. The van der Waals surface area contributed by atoms with Crippen LogP contribution < -0.4 is 5.32 Å². The van der Waals surface area contributed by atoms with Crippen LogP contribution in [0.5, 0.6) is 0 Å². The molecule has 2 aromatic rings. The van der Waals surface area contributed by atoms with Crippen molar-refractivity contribution in [3.05, 3.63) is 30.4 Å². The average molecular weight is 286 g/mol. The van der Waals surface area contributed by atoms with E-state index in [0.29, 0.717) is 0 Å². The topological polar surface area (TPSA) is 48.7 Å². The first kappa shape index (κ1) is 13.2. The molecule has 0 aliphatic carbocycles. The van der Waals surface area contributed by atoms with Crippen molar-refractivity contribution in [2.45, 2.75) is 19.0 Å². The molecule has 4 rings (SSSR count). The van der Waals surface area contributed by atoms with Crippen molar-refractivity contribution in [3.63, 3.8) is 0 Å². The van der Waals surface area contributed by atoms with Crippen LogP contribution in [0.4, 0.5) is 0 Å². The van der Waals surface area contributed by atoms with Crippen molar-refractivity contribution in [2.75, 3.05) is 39.3 Å². The monoisotopic (exact) mass is 286 g/mol. The van der Waals surface area contributed by atoms with E-state index in [1.807, 2.05) is 16.7 Å². The summed E-state index contributed by atoms with van der Waals surface area (Å²) in [7, 11) is 0. The van der Waals surface area contributed by atoms with Gasteiger partial charge in [0, 0.05) is 63.9 Å². The van der Waals surface area contributed by atoms with E-state index in [2.05, 4.69) is 31.3 Å². The maximum atomic E-state index is 4.59. The number of imidazole rings is 1. The zero-order chi connectivity index (χ0) is 14.1. The largest absolute Gasteiger partial charge is 0.315 e. The summed E-state index contributed by atoms with van der Waals surface area (Å²) in [4.78, 5) is 14.0. The van der Waals surface area contributed by atoms with Gasteiger partial charge in [0.2, 0.25) is 5.78 Å². The van der Waals surface area contributed by atoms with Crippen molar-refractivity contribution >= 4 is 5.78 Å². The highest BCUT2D eigenvalue weighted by Gasteiger charge is 2.26. The van der Waals surface area contributed by atoms with Gasteiger partial charge < -0.3 is 5.32 Å². The molecule has 2 fully saturated rings. The van der Waals surface area contributed by atoms with E-state index in [1.165, 1.54) is 26.1 Å². The van der Waals surface area contributed by atoms with Gasteiger partial charge in [-0.2, -0.15) is 0 Å². The quantitative estimate of drug-likeness (QED) is 0.874. The number of hydrogen-bond donors (Lipinski definition) is 1. The van der Waals surface area contributed by atoms with Crippen molar-refractivity contribution in [3.8, 4) is 0 Å². The van der Waals surface area contributed by atoms with E-state index in [0.717, 1.165) is 43.7 Å². The number of nitrogens with zero attached hydrogens (tertiary/aromatic N) is 5. The fourth-order valence-electron chi connectivity index (χ4n) is 3.42. The number of aromatic nitrogens is 3. The molecule has 0 aromatic carbocycles. The average Bonchev–Trinajstić information content (AvgIpc) is 3.17. The first-order valence-corrected chi connectivity index (χ1v) is 7.84. The van der Waals surface area contributed by atoms with Gasteiger partial charge in [0.05, 0.1) is 5.69 Å². The molecule has 6 nitrogen and oxygen atoms in total. The van der Waals surface area contributed by atoms with Crippen LogP contribution >= 0.6 is 0 Å². The van der Waals surface area contributed by atoms with E-state index in [4.69, 9.17) is 0 Å². The van der Waals surface area contributed by atoms with Crippen LogP contribution in [0.2, 0.25) is 0 Å². The highest BCUT2D eigenvalue weighted by atomic mass is 15.3. The fraction of sp³-hybridized carbons (Fsp3) is 0.600. The number of piperazine rings is 1. The Kier molecular flexibility index (Phi) is 3.58. The lowest BCUT2D eigenvalue weighted by Gasteiger charge is -2.37. The molecule has 6 heteroatoms. The molecule has 2 aliphatic heterocycles. The summed E-state index contributed by atoms with van der Waals surface area (Å²) in [6.07, 6.45) is 7.19. The molecule has 1 unspecified atom stereocenters. The van der Waals surface area contributed by atoms with Crippen LogP contribution in [-0.4, -0.2) is 69.5 Å². The number of fused-ring (bicyclic) bond motifs is 1. The van der Waals surface area contributed by atoms with Crippen LogP contribution in [-0.2, 0) is 6.54 Å². The summed E-state index contributed by atoms with van der Waals surface area (Å²) in [6, 6.07) is 2.69. The second kappa shape index (κ2) is 5.71. The molecular weight excluding hydrogens is 264 g/mol. The van der Waals surface area contributed by atoms with Crippen LogP contribution in [0.15, 0.2) is 24.7 Å². The zero-order valence-electron chi connectivity index (χ0n) is 12.3. The Bertz CT molecular complexity index is 562. The number of rotatable bonds is 3. The third-order valence-electron chi connectivity index (χ3n) is 4.63. The Morgan fingerprint density at radius 1 is 1.24 bits per heavy atom. The van der Waals surface area contributed by atoms with Crippen molar-refractivity contribution < 1.29 is 0 Å². The lowest BCUT2D eigenvalue weighted by molar-refractivity contribution is 0.0974. The van der Waals surface area contributed by atoms with Gasteiger partial charge in [-0.3, -0.25) is 14.2 Å². The minimum Gasteiger partial charge on any atom is -0.315 e. The van der Waals surface area contributed by atoms with Crippen LogP contribution in [0.1, 0.15) is 12.1 Å². The molecule has 1 N–H and O–H groups in total. The lowest BCUT2D eigenvalue weighted by Crippen LogP contribution is -2.50. The summed E-state index contributed by atoms with van der Waals surface area (Å²) in [5, 5.41) is 3.46. The Hall–Kier alpha value is -1.50. The summed E-state index contributed by atoms with van der Waals surface area (Å²) in [5.41, 5.74) is 1.12. The molecule has 4 heterocycles. The molecule has 2 saturated heterocycles. The molecule has 2 aliphatic rings. The standard InChI is InChI=1S/C15H22N6/c1-3-17-15-18-13(12-21(15)5-1)11-19-6-8-20(9-7-19)14-2-4-16-10-14/h1,3,5,12,14,16H,2,4,6-11H2. The maximum absolute atomic E-state index is 4.59. The van der Waals surface area contributed by atoms with E-state index < -0.39 is 0 Å². The van der Waals surface area contributed by atoms with Crippen molar-refractivity contribution in [1.29, 1.82) is 0 Å². The van der Waals surface area contributed by atoms with Gasteiger partial charge in [-0.1, -0.05) is 0 Å². The third-order valence-corrected chi connectivity index (χ3v) is 4.63. The van der Waals surface area contributed by atoms with Crippen LogP contribution in [0, 0.1) is 0 Å². The summed E-state index contributed by atoms with van der Waals surface area (Å²) in [5.74, 6) is 0.795. The van der Waals surface area contributed by atoms with E-state index in [1.54, 1.807) is 6.20 Å². The summed E-state index contributed by atoms with van der Waals surface area (Å²) < 4.78 is 2.00. The number of hydrogen-bond acceptors (Lipinski definition) is 5. The molecule has 0 radical (unpaired) electrons. The van der Waals surface area contributed by atoms with E-state index in [9.17, 15) is 0 Å². The second-order valence-electron chi connectivity index (χ2n) is 6.02. The highest BCUT2D eigenvalue weighted by molar-refractivity contribution is 5.29. The van der Waals surface area contributed by atoms with Gasteiger partial charge in [0.15, 0.2) is 0 Å². The van der Waals surface area contributed by atoms with Crippen molar-refractivity contribution in [1.82, 2.24) is 29.5 Å². The minimum atomic E-state index is 0.756. The Labute approximate surface area is 124 Å². The Morgan fingerprint density at radius 3 is 2.90 bits per heavy atom. The minimum absolute atomic E-state index is 0.756. The molecule has 112 valence electrons. The second-order valence-corrected chi connectivity index (χ2v) is 6.02. The lowest BCUT2D eigenvalue weighted by atomic mass is 10.2. The van der Waals surface area contributed by atoms with Gasteiger partial charge >= 0.3 is 0 Å². The van der Waals surface area contributed by atoms with Crippen LogP contribution in [0.3, 0.4) is 0 Å². The summed E-state index contributed by atoms with van der Waals surface area (Å²) >= 11 is 0. The predicted molar refractivity (Wildman–Crippen MR) is 81.1 cm³/mol. The molecule has 0 saturated carbocycles. The van der Waals surface area contributed by atoms with Gasteiger partial charge in [0.1, 0.15) is 0 Å². The molecule has 0 amide bonds. The molecule has 1 atom stereocenters. The Morgan fingerprint density at radius 2 is 2.14 bits per heavy atom. The van der Waals surface area contributed by atoms with Gasteiger partial charge in [-0.25, -0.2) is 9.97 Å².